The zero-order valence-corrected chi connectivity index (χ0v) is 13.3. The molecule has 0 aromatic carbocycles. The lowest BCUT2D eigenvalue weighted by Crippen LogP contribution is -2.71. The highest BCUT2D eigenvalue weighted by Gasteiger charge is 2.49. The first-order valence-corrected chi connectivity index (χ1v) is 7.13. The molecule has 0 spiro atoms. The number of carbonyl (C=O) groups excluding carboxylic acids is 2. The fraction of sp³-hybridized carbons (Fsp3) is 0.867. The Kier molecular flexibility index (Phi) is 4.33. The Balaban J connectivity index is 3.13. The van der Waals surface area contributed by atoms with E-state index < -0.39 is 5.54 Å². The molecular weight excluding hydrogens is 240 g/mol. The van der Waals surface area contributed by atoms with Crippen LogP contribution in [0.1, 0.15) is 54.9 Å². The van der Waals surface area contributed by atoms with Crippen LogP contribution in [0.25, 0.3) is 0 Å². The standard InChI is InChI=1S/C15H28N2O2/c1-8-10(2)9-17-11(14(3,4)5)12(18)16-15(6,7)13(17)19/h10-11H,8-9H2,1-7H3,(H,16,18). The maximum absolute atomic E-state index is 12.6. The SMILES string of the molecule is CCC(C)CN1C(=O)C(C)(C)NC(=O)C1C(C)(C)C. The summed E-state index contributed by atoms with van der Waals surface area (Å²) in [5, 5.41) is 2.85. The van der Waals surface area contributed by atoms with E-state index in [1.165, 1.54) is 0 Å². The molecule has 0 radical (unpaired) electrons. The first kappa shape index (κ1) is 16.0. The van der Waals surface area contributed by atoms with Crippen LogP contribution in [0.15, 0.2) is 0 Å². The molecule has 0 saturated carbocycles. The van der Waals surface area contributed by atoms with Crippen molar-refractivity contribution in [3.8, 4) is 0 Å². The Morgan fingerprint density at radius 2 is 1.84 bits per heavy atom. The number of nitrogens with one attached hydrogen (secondary N) is 1. The molecule has 2 unspecified atom stereocenters. The fourth-order valence-corrected chi connectivity index (χ4v) is 2.56. The lowest BCUT2D eigenvalue weighted by molar-refractivity contribution is -0.158. The van der Waals surface area contributed by atoms with Gasteiger partial charge in [0, 0.05) is 6.54 Å². The second-order valence-corrected chi connectivity index (χ2v) is 7.35. The molecule has 4 nitrogen and oxygen atoms in total. The lowest BCUT2D eigenvalue weighted by Gasteiger charge is -2.48. The molecule has 0 bridgehead atoms. The van der Waals surface area contributed by atoms with Crippen LogP contribution in [0.2, 0.25) is 0 Å². The van der Waals surface area contributed by atoms with Crippen LogP contribution in [-0.4, -0.2) is 34.8 Å². The Hall–Kier alpha value is -1.06. The molecule has 0 aromatic rings. The van der Waals surface area contributed by atoms with Gasteiger partial charge in [0.2, 0.25) is 11.8 Å². The van der Waals surface area contributed by atoms with Crippen molar-refractivity contribution in [2.45, 2.75) is 66.5 Å². The summed E-state index contributed by atoms with van der Waals surface area (Å²) in [5.74, 6) is 0.378. The van der Waals surface area contributed by atoms with Gasteiger partial charge in [0.15, 0.2) is 0 Å². The minimum absolute atomic E-state index is 0.0207. The van der Waals surface area contributed by atoms with Crippen LogP contribution < -0.4 is 5.32 Å². The third-order valence-corrected chi connectivity index (χ3v) is 3.82. The van der Waals surface area contributed by atoms with E-state index in [1.807, 2.05) is 20.8 Å². The van der Waals surface area contributed by atoms with Gasteiger partial charge in [-0.3, -0.25) is 9.59 Å². The van der Waals surface area contributed by atoms with E-state index in [4.69, 9.17) is 0 Å². The molecule has 1 fully saturated rings. The monoisotopic (exact) mass is 268 g/mol. The van der Waals surface area contributed by atoms with Crippen LogP contribution in [-0.2, 0) is 9.59 Å². The first-order valence-electron chi connectivity index (χ1n) is 7.13. The summed E-state index contributed by atoms with van der Waals surface area (Å²) in [4.78, 5) is 26.8. The van der Waals surface area contributed by atoms with Crippen LogP contribution in [0.3, 0.4) is 0 Å². The smallest absolute Gasteiger partial charge is 0.248 e. The number of piperazine rings is 1. The fourth-order valence-electron chi connectivity index (χ4n) is 2.56. The van der Waals surface area contributed by atoms with Gasteiger partial charge in [-0.1, -0.05) is 41.0 Å². The number of carbonyl (C=O) groups is 2. The number of nitrogens with zero attached hydrogens (tertiary/aromatic N) is 1. The molecule has 0 aromatic heterocycles. The van der Waals surface area contributed by atoms with E-state index in [9.17, 15) is 9.59 Å². The molecule has 4 heteroatoms. The zero-order chi connectivity index (χ0) is 15.0. The van der Waals surface area contributed by atoms with Crippen molar-refractivity contribution >= 4 is 11.8 Å². The van der Waals surface area contributed by atoms with E-state index in [1.54, 1.807) is 18.7 Å². The van der Waals surface area contributed by atoms with Crippen LogP contribution in [0.5, 0.6) is 0 Å². The summed E-state index contributed by atoms with van der Waals surface area (Å²) in [6, 6.07) is -0.387. The molecule has 1 aliphatic rings. The summed E-state index contributed by atoms with van der Waals surface area (Å²) in [5.41, 5.74) is -1.06. The Morgan fingerprint density at radius 1 is 1.32 bits per heavy atom. The van der Waals surface area contributed by atoms with Crippen molar-refractivity contribution in [1.82, 2.24) is 10.2 Å². The second-order valence-electron chi connectivity index (χ2n) is 7.35. The molecule has 19 heavy (non-hydrogen) atoms. The molecule has 2 atom stereocenters. The lowest BCUT2D eigenvalue weighted by atomic mass is 9.81. The quantitative estimate of drug-likeness (QED) is 0.853. The van der Waals surface area contributed by atoms with Crippen LogP contribution >= 0.6 is 0 Å². The molecule has 1 N–H and O–H groups in total. The maximum Gasteiger partial charge on any atom is 0.248 e. The average molecular weight is 268 g/mol. The van der Waals surface area contributed by atoms with Gasteiger partial charge in [-0.25, -0.2) is 0 Å². The average Bonchev–Trinajstić information content (AvgIpc) is 2.22. The van der Waals surface area contributed by atoms with E-state index in [2.05, 4.69) is 19.2 Å². The van der Waals surface area contributed by atoms with Crippen molar-refractivity contribution in [3.05, 3.63) is 0 Å². The van der Waals surface area contributed by atoms with Gasteiger partial charge in [-0.15, -0.1) is 0 Å². The van der Waals surface area contributed by atoms with E-state index in [-0.39, 0.29) is 23.3 Å². The number of amides is 2. The van der Waals surface area contributed by atoms with Gasteiger partial charge in [0.25, 0.3) is 0 Å². The van der Waals surface area contributed by atoms with Gasteiger partial charge in [0.05, 0.1) is 0 Å². The van der Waals surface area contributed by atoms with Gasteiger partial charge in [-0.2, -0.15) is 0 Å². The Morgan fingerprint density at radius 3 is 2.26 bits per heavy atom. The molecular formula is C15H28N2O2. The van der Waals surface area contributed by atoms with Crippen LogP contribution in [0.4, 0.5) is 0 Å². The summed E-state index contributed by atoms with van der Waals surface area (Å²) in [6.45, 7) is 14.4. The third-order valence-electron chi connectivity index (χ3n) is 3.82. The van der Waals surface area contributed by atoms with Crippen molar-refractivity contribution in [2.24, 2.45) is 11.3 Å². The summed E-state index contributed by atoms with van der Waals surface area (Å²) in [6.07, 6.45) is 1.00. The number of rotatable bonds is 3. The van der Waals surface area contributed by atoms with Gasteiger partial charge >= 0.3 is 0 Å². The van der Waals surface area contributed by atoms with Crippen molar-refractivity contribution in [2.75, 3.05) is 6.54 Å². The highest BCUT2D eigenvalue weighted by molar-refractivity contribution is 5.99. The third kappa shape index (κ3) is 3.28. The van der Waals surface area contributed by atoms with Gasteiger partial charge in [0.1, 0.15) is 11.6 Å². The Bertz CT molecular complexity index is 369. The molecule has 1 saturated heterocycles. The van der Waals surface area contributed by atoms with E-state index in [0.717, 1.165) is 6.42 Å². The predicted octanol–water partition coefficient (Wildman–Crippen LogP) is 2.18. The van der Waals surface area contributed by atoms with Crippen molar-refractivity contribution < 1.29 is 9.59 Å². The zero-order valence-electron chi connectivity index (χ0n) is 13.3. The number of hydrogen-bond donors (Lipinski definition) is 1. The van der Waals surface area contributed by atoms with Crippen LogP contribution in [0, 0.1) is 11.3 Å². The maximum atomic E-state index is 12.6. The minimum Gasteiger partial charge on any atom is -0.340 e. The van der Waals surface area contributed by atoms with Gasteiger partial charge < -0.3 is 10.2 Å². The molecule has 1 rings (SSSR count). The topological polar surface area (TPSA) is 49.4 Å². The predicted molar refractivity (Wildman–Crippen MR) is 76.6 cm³/mol. The molecule has 1 heterocycles. The minimum atomic E-state index is -0.799. The first-order chi connectivity index (χ1) is 8.50. The summed E-state index contributed by atoms with van der Waals surface area (Å²) >= 11 is 0. The van der Waals surface area contributed by atoms with E-state index in [0.29, 0.717) is 12.5 Å². The largest absolute Gasteiger partial charge is 0.340 e. The van der Waals surface area contributed by atoms with Gasteiger partial charge in [-0.05, 0) is 25.2 Å². The molecule has 110 valence electrons. The number of hydrogen-bond acceptors (Lipinski definition) is 2. The van der Waals surface area contributed by atoms with Crippen molar-refractivity contribution in [1.29, 1.82) is 0 Å². The molecule has 2 amide bonds. The molecule has 1 aliphatic heterocycles. The second kappa shape index (κ2) is 5.14. The summed E-state index contributed by atoms with van der Waals surface area (Å²) in [7, 11) is 0. The summed E-state index contributed by atoms with van der Waals surface area (Å²) < 4.78 is 0. The van der Waals surface area contributed by atoms with Crippen molar-refractivity contribution in [3.63, 3.8) is 0 Å². The normalized spacial score (nSPS) is 25.2. The van der Waals surface area contributed by atoms with E-state index >= 15 is 0 Å². The highest BCUT2D eigenvalue weighted by atomic mass is 16.2. The Labute approximate surface area is 116 Å². The highest BCUT2D eigenvalue weighted by Crippen LogP contribution is 2.31. The molecule has 0 aliphatic carbocycles.